The number of hydrogen-bond acceptors (Lipinski definition) is 4. The van der Waals surface area contributed by atoms with Crippen LogP contribution < -0.4 is 0 Å². The number of hydroxylamine groups is 2. The Bertz CT molecular complexity index is 487. The van der Waals surface area contributed by atoms with Crippen molar-refractivity contribution in [1.82, 2.24) is 20.2 Å². The van der Waals surface area contributed by atoms with E-state index in [1.807, 2.05) is 18.2 Å². The summed E-state index contributed by atoms with van der Waals surface area (Å²) in [7, 11) is 1.83. The number of aromatic amines is 1. The zero-order chi connectivity index (χ0) is 16.2. The zero-order valence-electron chi connectivity index (χ0n) is 14.2. The Balaban J connectivity index is 1.79. The summed E-state index contributed by atoms with van der Waals surface area (Å²) in [6, 6.07) is 2.04. The van der Waals surface area contributed by atoms with Gasteiger partial charge in [-0.3, -0.25) is 14.7 Å². The first-order valence-corrected chi connectivity index (χ1v) is 8.03. The molecular weight excluding hydrogens is 280 g/mol. The van der Waals surface area contributed by atoms with Crippen LogP contribution >= 0.6 is 0 Å². The highest BCUT2D eigenvalue weighted by molar-refractivity contribution is 5.76. The second-order valence-corrected chi connectivity index (χ2v) is 7.00. The first kappa shape index (κ1) is 17.0. The first-order chi connectivity index (χ1) is 10.4. The molecule has 1 aliphatic rings. The van der Waals surface area contributed by atoms with Crippen molar-refractivity contribution in [2.24, 2.45) is 0 Å². The fourth-order valence-electron chi connectivity index (χ4n) is 2.41. The number of nitrogens with one attached hydrogen (secondary N) is 1. The van der Waals surface area contributed by atoms with Crippen molar-refractivity contribution in [1.29, 1.82) is 0 Å². The molecule has 0 bridgehead atoms. The van der Waals surface area contributed by atoms with E-state index in [2.05, 4.69) is 31.0 Å². The van der Waals surface area contributed by atoms with Gasteiger partial charge in [-0.25, -0.2) is 0 Å². The van der Waals surface area contributed by atoms with Crippen molar-refractivity contribution in [2.45, 2.75) is 52.0 Å². The fraction of sp³-hybridized carbons (Fsp3) is 0.750. The predicted octanol–water partition coefficient (Wildman–Crippen LogP) is 2.08. The highest BCUT2D eigenvalue weighted by atomic mass is 16.7. The molecule has 1 saturated heterocycles. The lowest BCUT2D eigenvalue weighted by atomic mass is 9.92. The van der Waals surface area contributed by atoms with E-state index in [0.717, 1.165) is 37.4 Å². The number of nitrogens with zero attached hydrogens (tertiary/aromatic N) is 3. The molecule has 124 valence electrons. The molecule has 6 nitrogen and oxygen atoms in total. The van der Waals surface area contributed by atoms with Crippen molar-refractivity contribution in [3.8, 4) is 0 Å². The summed E-state index contributed by atoms with van der Waals surface area (Å²) >= 11 is 0. The molecule has 0 spiro atoms. The van der Waals surface area contributed by atoms with E-state index in [-0.39, 0.29) is 11.3 Å². The number of carbonyl (C=O) groups is 1. The third kappa shape index (κ3) is 4.81. The van der Waals surface area contributed by atoms with Crippen LogP contribution in [0.3, 0.4) is 0 Å². The molecule has 0 saturated carbocycles. The van der Waals surface area contributed by atoms with Crippen molar-refractivity contribution in [2.75, 3.05) is 26.7 Å². The van der Waals surface area contributed by atoms with Crippen LogP contribution in [0, 0.1) is 0 Å². The topological polar surface area (TPSA) is 61.5 Å². The van der Waals surface area contributed by atoms with Gasteiger partial charge in [0.05, 0.1) is 24.5 Å². The van der Waals surface area contributed by atoms with Crippen LogP contribution in [0.15, 0.2) is 6.07 Å². The summed E-state index contributed by atoms with van der Waals surface area (Å²) in [5.41, 5.74) is 2.00. The van der Waals surface area contributed by atoms with Crippen LogP contribution in [0.4, 0.5) is 0 Å². The maximum Gasteiger partial charge on any atom is 0.224 e. The quantitative estimate of drug-likeness (QED) is 0.905. The fourth-order valence-corrected chi connectivity index (χ4v) is 2.41. The highest BCUT2D eigenvalue weighted by Crippen LogP contribution is 2.20. The van der Waals surface area contributed by atoms with Crippen LogP contribution in [0.5, 0.6) is 0 Å². The van der Waals surface area contributed by atoms with E-state index in [1.165, 1.54) is 0 Å². The van der Waals surface area contributed by atoms with Gasteiger partial charge in [-0.15, -0.1) is 0 Å². The van der Waals surface area contributed by atoms with Crippen LogP contribution in [-0.2, 0) is 21.6 Å². The van der Waals surface area contributed by atoms with Crippen molar-refractivity contribution in [3.63, 3.8) is 0 Å². The molecule has 1 amide bonds. The summed E-state index contributed by atoms with van der Waals surface area (Å²) < 4.78 is 0. The van der Waals surface area contributed by atoms with Gasteiger partial charge < -0.3 is 4.90 Å². The Morgan fingerprint density at radius 2 is 2.23 bits per heavy atom. The normalized spacial score (nSPS) is 16.7. The monoisotopic (exact) mass is 308 g/mol. The van der Waals surface area contributed by atoms with Gasteiger partial charge >= 0.3 is 0 Å². The number of hydrogen-bond donors (Lipinski definition) is 1. The lowest BCUT2D eigenvalue weighted by molar-refractivity contribution is -0.182. The number of carbonyl (C=O) groups excluding carboxylic acids is 1. The van der Waals surface area contributed by atoms with Crippen LogP contribution in [0.1, 0.15) is 51.4 Å². The first-order valence-electron chi connectivity index (χ1n) is 8.03. The summed E-state index contributed by atoms with van der Waals surface area (Å²) in [5.74, 6) is 0.126. The third-order valence-electron chi connectivity index (χ3n) is 3.88. The summed E-state index contributed by atoms with van der Waals surface area (Å²) in [5, 5.41) is 9.26. The maximum atomic E-state index is 12.2. The van der Waals surface area contributed by atoms with Crippen molar-refractivity contribution >= 4 is 5.91 Å². The zero-order valence-corrected chi connectivity index (χ0v) is 14.2. The molecule has 22 heavy (non-hydrogen) atoms. The lowest BCUT2D eigenvalue weighted by Gasteiger charge is -2.26. The number of H-pyrrole nitrogens is 1. The van der Waals surface area contributed by atoms with E-state index in [0.29, 0.717) is 19.5 Å². The maximum absolute atomic E-state index is 12.2. The van der Waals surface area contributed by atoms with Crippen LogP contribution in [-0.4, -0.2) is 52.8 Å². The standard InChI is InChI=1S/C16H28N4O2/c1-16(2,3)14-11-13(17-18-14)12-19(4)15(21)7-9-20-8-5-6-10-22-20/h11H,5-10,12H2,1-4H3,(H,17,18). The van der Waals surface area contributed by atoms with E-state index in [9.17, 15) is 4.79 Å². The highest BCUT2D eigenvalue weighted by Gasteiger charge is 2.19. The molecule has 0 aromatic carbocycles. The molecule has 6 heteroatoms. The number of aromatic nitrogens is 2. The minimum absolute atomic E-state index is 0.0168. The van der Waals surface area contributed by atoms with Gasteiger partial charge in [-0.2, -0.15) is 10.2 Å². The van der Waals surface area contributed by atoms with E-state index >= 15 is 0 Å². The summed E-state index contributed by atoms with van der Waals surface area (Å²) in [6.07, 6.45) is 2.74. The van der Waals surface area contributed by atoms with Gasteiger partial charge in [0.1, 0.15) is 0 Å². The average Bonchev–Trinajstić information content (AvgIpc) is 2.94. The van der Waals surface area contributed by atoms with Gasteiger partial charge in [-0.1, -0.05) is 20.8 Å². The largest absolute Gasteiger partial charge is 0.340 e. The molecule has 0 radical (unpaired) electrons. The lowest BCUT2D eigenvalue weighted by Crippen LogP contribution is -2.35. The Kier molecular flexibility index (Phi) is 5.58. The molecule has 1 aromatic rings. The second kappa shape index (κ2) is 7.24. The molecule has 0 unspecified atom stereocenters. The molecule has 2 heterocycles. The molecule has 2 rings (SSSR count). The Morgan fingerprint density at radius 1 is 1.45 bits per heavy atom. The number of amides is 1. The van der Waals surface area contributed by atoms with Gasteiger partial charge in [0.25, 0.3) is 0 Å². The molecule has 1 fully saturated rings. The van der Waals surface area contributed by atoms with E-state index in [1.54, 1.807) is 4.90 Å². The van der Waals surface area contributed by atoms with E-state index in [4.69, 9.17) is 4.84 Å². The molecular formula is C16H28N4O2. The van der Waals surface area contributed by atoms with Crippen LogP contribution in [0.25, 0.3) is 0 Å². The van der Waals surface area contributed by atoms with Gasteiger partial charge in [0, 0.05) is 32.0 Å². The smallest absolute Gasteiger partial charge is 0.224 e. The minimum Gasteiger partial charge on any atom is -0.340 e. The molecule has 0 atom stereocenters. The summed E-state index contributed by atoms with van der Waals surface area (Å²) in [6.45, 7) is 9.30. The third-order valence-corrected chi connectivity index (χ3v) is 3.88. The molecule has 0 aliphatic carbocycles. The molecule has 1 aliphatic heterocycles. The molecule has 1 N–H and O–H groups in total. The predicted molar refractivity (Wildman–Crippen MR) is 85.1 cm³/mol. The molecule has 1 aromatic heterocycles. The Morgan fingerprint density at radius 3 is 2.82 bits per heavy atom. The average molecular weight is 308 g/mol. The van der Waals surface area contributed by atoms with Gasteiger partial charge in [0.2, 0.25) is 5.91 Å². The Labute approximate surface area is 132 Å². The van der Waals surface area contributed by atoms with Crippen molar-refractivity contribution < 1.29 is 9.63 Å². The number of rotatable bonds is 5. The summed E-state index contributed by atoms with van der Waals surface area (Å²) in [4.78, 5) is 19.5. The Hall–Kier alpha value is -1.40. The SMILES string of the molecule is CN(Cc1cc(C(C)(C)C)n[nH]1)C(=O)CCN1CCCCO1. The second-order valence-electron chi connectivity index (χ2n) is 7.00. The van der Waals surface area contributed by atoms with Crippen LogP contribution in [0.2, 0.25) is 0 Å². The van der Waals surface area contributed by atoms with Gasteiger partial charge in [-0.05, 0) is 18.9 Å². The van der Waals surface area contributed by atoms with Gasteiger partial charge in [0.15, 0.2) is 0 Å². The van der Waals surface area contributed by atoms with Crippen molar-refractivity contribution in [3.05, 3.63) is 17.5 Å². The van der Waals surface area contributed by atoms with E-state index < -0.39 is 0 Å². The minimum atomic E-state index is 0.0168.